The van der Waals surface area contributed by atoms with Crippen molar-refractivity contribution in [3.8, 4) is 0 Å². The van der Waals surface area contributed by atoms with Crippen molar-refractivity contribution >= 4 is 28.2 Å². The van der Waals surface area contributed by atoms with Gasteiger partial charge >= 0.3 is 0 Å². The summed E-state index contributed by atoms with van der Waals surface area (Å²) < 4.78 is 26.1. The van der Waals surface area contributed by atoms with E-state index in [2.05, 4.69) is 10.3 Å². The molecule has 5 heteroatoms. The van der Waals surface area contributed by atoms with Crippen LogP contribution in [0.25, 0.3) is 10.9 Å². The van der Waals surface area contributed by atoms with Gasteiger partial charge in [0.25, 0.3) is 0 Å². The molecular weight excluding hydrogens is 294 g/mol. The van der Waals surface area contributed by atoms with Crippen LogP contribution >= 0.6 is 11.6 Å². The minimum Gasteiger partial charge on any atom is -0.380 e. The van der Waals surface area contributed by atoms with Crippen LogP contribution in [-0.4, -0.2) is 4.98 Å². The van der Waals surface area contributed by atoms with Crippen LogP contribution in [0.4, 0.5) is 14.5 Å². The third kappa shape index (κ3) is 2.95. The fourth-order valence-corrected chi connectivity index (χ4v) is 2.29. The predicted molar refractivity (Wildman–Crippen MR) is 80.4 cm³/mol. The van der Waals surface area contributed by atoms with Gasteiger partial charge in [-0.3, -0.25) is 4.98 Å². The number of nitrogens with zero attached hydrogens (tertiary/aromatic N) is 1. The fraction of sp³-hybridized carbons (Fsp3) is 0.0625. The number of rotatable bonds is 3. The van der Waals surface area contributed by atoms with E-state index in [0.29, 0.717) is 17.1 Å². The first-order valence-electron chi connectivity index (χ1n) is 6.35. The molecule has 0 amide bonds. The minimum absolute atomic E-state index is 0.388. The van der Waals surface area contributed by atoms with Gasteiger partial charge in [0.2, 0.25) is 0 Å². The summed E-state index contributed by atoms with van der Waals surface area (Å²) in [5, 5.41) is 4.74. The zero-order valence-electron chi connectivity index (χ0n) is 10.9. The minimum atomic E-state index is -0.847. The van der Waals surface area contributed by atoms with Crippen LogP contribution in [0, 0.1) is 11.6 Å². The van der Waals surface area contributed by atoms with Gasteiger partial charge in [-0.1, -0.05) is 17.7 Å². The maximum absolute atomic E-state index is 13.2. The van der Waals surface area contributed by atoms with Crippen molar-refractivity contribution in [1.82, 2.24) is 4.98 Å². The van der Waals surface area contributed by atoms with Gasteiger partial charge in [-0.15, -0.1) is 0 Å². The molecule has 0 bridgehead atoms. The van der Waals surface area contributed by atoms with Crippen LogP contribution in [0.15, 0.2) is 48.7 Å². The Kier molecular flexibility index (Phi) is 3.71. The monoisotopic (exact) mass is 304 g/mol. The van der Waals surface area contributed by atoms with Gasteiger partial charge in [-0.05, 0) is 42.0 Å². The average Bonchev–Trinajstić information content (AvgIpc) is 2.48. The van der Waals surface area contributed by atoms with Crippen molar-refractivity contribution in [1.29, 1.82) is 0 Å². The molecule has 0 fully saturated rings. The summed E-state index contributed by atoms with van der Waals surface area (Å²) in [6, 6.07) is 11.1. The Hall–Kier alpha value is -2.20. The summed E-state index contributed by atoms with van der Waals surface area (Å²) in [5.41, 5.74) is 2.30. The van der Waals surface area contributed by atoms with E-state index in [1.165, 1.54) is 6.07 Å². The number of hydrogen-bond acceptors (Lipinski definition) is 2. The van der Waals surface area contributed by atoms with Crippen molar-refractivity contribution in [3.05, 3.63) is 70.9 Å². The van der Waals surface area contributed by atoms with Crippen molar-refractivity contribution in [2.24, 2.45) is 0 Å². The molecule has 1 N–H and O–H groups in total. The number of anilines is 1. The van der Waals surface area contributed by atoms with Crippen LogP contribution < -0.4 is 5.32 Å². The van der Waals surface area contributed by atoms with Crippen molar-refractivity contribution in [3.63, 3.8) is 0 Å². The Labute approximate surface area is 125 Å². The van der Waals surface area contributed by atoms with Gasteiger partial charge < -0.3 is 5.32 Å². The van der Waals surface area contributed by atoms with E-state index in [0.717, 1.165) is 22.7 Å². The highest BCUT2D eigenvalue weighted by molar-refractivity contribution is 6.31. The van der Waals surface area contributed by atoms with E-state index in [4.69, 9.17) is 11.6 Å². The number of benzene rings is 2. The Balaban J connectivity index is 1.86. The van der Waals surface area contributed by atoms with Crippen LogP contribution in [0.1, 0.15) is 5.56 Å². The molecule has 106 valence electrons. The second-order valence-corrected chi connectivity index (χ2v) is 5.06. The normalized spacial score (nSPS) is 10.8. The molecule has 0 aliphatic heterocycles. The molecule has 3 aromatic rings. The number of nitrogens with one attached hydrogen (secondary N) is 1. The first-order chi connectivity index (χ1) is 10.1. The third-order valence-electron chi connectivity index (χ3n) is 3.17. The molecule has 2 aromatic carbocycles. The standard InChI is InChI=1S/C16H11ClF2N2/c17-11-2-3-12-15(5-6-20-16(12)8-11)21-9-10-1-4-13(18)14(19)7-10/h1-8H,9H2,(H,20,21). The van der Waals surface area contributed by atoms with Gasteiger partial charge in [0, 0.05) is 28.8 Å². The zero-order chi connectivity index (χ0) is 14.8. The highest BCUT2D eigenvalue weighted by Crippen LogP contribution is 2.24. The van der Waals surface area contributed by atoms with E-state index < -0.39 is 11.6 Å². The van der Waals surface area contributed by atoms with Crippen molar-refractivity contribution in [2.45, 2.75) is 6.54 Å². The lowest BCUT2D eigenvalue weighted by Crippen LogP contribution is -2.01. The molecule has 2 nitrogen and oxygen atoms in total. The number of fused-ring (bicyclic) bond motifs is 1. The van der Waals surface area contributed by atoms with Crippen LogP contribution in [0.5, 0.6) is 0 Å². The molecule has 3 rings (SSSR count). The lowest BCUT2D eigenvalue weighted by Gasteiger charge is -2.10. The maximum Gasteiger partial charge on any atom is 0.159 e. The Morgan fingerprint density at radius 1 is 1.00 bits per heavy atom. The zero-order valence-corrected chi connectivity index (χ0v) is 11.7. The smallest absolute Gasteiger partial charge is 0.159 e. The lowest BCUT2D eigenvalue weighted by atomic mass is 10.1. The predicted octanol–water partition coefficient (Wildman–Crippen LogP) is 4.78. The second-order valence-electron chi connectivity index (χ2n) is 4.62. The van der Waals surface area contributed by atoms with E-state index in [-0.39, 0.29) is 0 Å². The largest absolute Gasteiger partial charge is 0.380 e. The molecule has 0 saturated carbocycles. The fourth-order valence-electron chi connectivity index (χ4n) is 2.12. The van der Waals surface area contributed by atoms with Gasteiger partial charge in [0.05, 0.1) is 5.52 Å². The lowest BCUT2D eigenvalue weighted by molar-refractivity contribution is 0.507. The number of aromatic nitrogens is 1. The van der Waals surface area contributed by atoms with Crippen LogP contribution in [0.3, 0.4) is 0 Å². The second kappa shape index (κ2) is 5.66. The molecule has 0 atom stereocenters. The van der Waals surface area contributed by atoms with E-state index in [1.807, 2.05) is 12.1 Å². The van der Waals surface area contributed by atoms with Crippen molar-refractivity contribution < 1.29 is 8.78 Å². The topological polar surface area (TPSA) is 24.9 Å². The van der Waals surface area contributed by atoms with E-state index in [9.17, 15) is 8.78 Å². The number of pyridine rings is 1. The summed E-state index contributed by atoms with van der Waals surface area (Å²) in [5.74, 6) is -1.69. The average molecular weight is 305 g/mol. The van der Waals surface area contributed by atoms with Crippen LogP contribution in [-0.2, 0) is 6.54 Å². The highest BCUT2D eigenvalue weighted by atomic mass is 35.5. The molecular formula is C16H11ClF2N2. The molecule has 0 aliphatic rings. The maximum atomic E-state index is 13.2. The quantitative estimate of drug-likeness (QED) is 0.753. The molecule has 0 aliphatic carbocycles. The van der Waals surface area contributed by atoms with E-state index in [1.54, 1.807) is 24.4 Å². The first-order valence-corrected chi connectivity index (χ1v) is 6.73. The summed E-state index contributed by atoms with van der Waals surface area (Å²) >= 11 is 5.94. The summed E-state index contributed by atoms with van der Waals surface area (Å²) in [4.78, 5) is 4.25. The van der Waals surface area contributed by atoms with Crippen LogP contribution in [0.2, 0.25) is 5.02 Å². The van der Waals surface area contributed by atoms with E-state index >= 15 is 0 Å². The van der Waals surface area contributed by atoms with Crippen molar-refractivity contribution in [2.75, 3.05) is 5.32 Å². The molecule has 0 unspecified atom stereocenters. The molecule has 0 saturated heterocycles. The molecule has 1 heterocycles. The third-order valence-corrected chi connectivity index (χ3v) is 3.41. The molecule has 1 aromatic heterocycles. The highest BCUT2D eigenvalue weighted by Gasteiger charge is 2.05. The summed E-state index contributed by atoms with van der Waals surface area (Å²) in [6.07, 6.45) is 1.67. The molecule has 0 spiro atoms. The van der Waals surface area contributed by atoms with Gasteiger partial charge in [-0.2, -0.15) is 0 Å². The number of halogens is 3. The summed E-state index contributed by atoms with van der Waals surface area (Å²) in [6.45, 7) is 0.388. The Morgan fingerprint density at radius 2 is 1.86 bits per heavy atom. The van der Waals surface area contributed by atoms with Gasteiger partial charge in [-0.25, -0.2) is 8.78 Å². The Morgan fingerprint density at radius 3 is 2.67 bits per heavy atom. The van der Waals surface area contributed by atoms with Gasteiger partial charge in [0.15, 0.2) is 11.6 Å². The SMILES string of the molecule is Fc1ccc(CNc2ccnc3cc(Cl)ccc23)cc1F. The molecule has 21 heavy (non-hydrogen) atoms. The first kappa shape index (κ1) is 13.8. The number of hydrogen-bond donors (Lipinski definition) is 1. The molecule has 0 radical (unpaired) electrons. The Bertz CT molecular complexity index is 805. The van der Waals surface area contributed by atoms with Gasteiger partial charge in [0.1, 0.15) is 0 Å². The summed E-state index contributed by atoms with van der Waals surface area (Å²) in [7, 11) is 0.